The first-order valence-electron chi connectivity index (χ1n) is 5.95. The molecule has 0 atom stereocenters. The summed E-state index contributed by atoms with van der Waals surface area (Å²) in [4.78, 5) is 22.1. The maximum Gasteiger partial charge on any atom is 0.221 e. The third-order valence-corrected chi connectivity index (χ3v) is 2.98. The Bertz CT molecular complexity index is 461. The fourth-order valence-electron chi connectivity index (χ4n) is 2.04. The lowest BCUT2D eigenvalue weighted by molar-refractivity contribution is -0.120. The molecule has 18 heavy (non-hydrogen) atoms. The predicted octanol–water partition coefficient (Wildman–Crippen LogP) is -0.295. The zero-order valence-electron chi connectivity index (χ0n) is 10.7. The van der Waals surface area contributed by atoms with Crippen LogP contribution >= 0.6 is 0 Å². The highest BCUT2D eigenvalue weighted by molar-refractivity contribution is 5.77. The van der Waals surface area contributed by atoms with Gasteiger partial charge in [-0.05, 0) is 13.8 Å². The Morgan fingerprint density at radius 1 is 1.33 bits per heavy atom. The fraction of sp³-hybridized carbons (Fsp3) is 0.545. The molecule has 1 aromatic heterocycles. The summed E-state index contributed by atoms with van der Waals surface area (Å²) in [5, 5.41) is 2.84. The SMILES string of the molecule is Cc1nc(NN)c(C)c(N2CCNC(=O)CC2)n1. The summed E-state index contributed by atoms with van der Waals surface area (Å²) in [5.74, 6) is 7.65. The second kappa shape index (κ2) is 5.18. The van der Waals surface area contributed by atoms with Crippen LogP contribution in [0.25, 0.3) is 0 Å². The average Bonchev–Trinajstić information content (AvgIpc) is 2.56. The maximum atomic E-state index is 11.3. The molecule has 2 heterocycles. The van der Waals surface area contributed by atoms with Crippen molar-refractivity contribution in [3.8, 4) is 0 Å². The predicted molar refractivity (Wildman–Crippen MR) is 69.2 cm³/mol. The van der Waals surface area contributed by atoms with Crippen LogP contribution < -0.4 is 21.5 Å². The molecule has 0 radical (unpaired) electrons. The molecule has 1 aliphatic rings. The molecule has 7 heteroatoms. The van der Waals surface area contributed by atoms with E-state index in [0.717, 1.165) is 17.9 Å². The zero-order valence-corrected chi connectivity index (χ0v) is 10.7. The maximum absolute atomic E-state index is 11.3. The van der Waals surface area contributed by atoms with Gasteiger partial charge in [0.1, 0.15) is 17.5 Å². The van der Waals surface area contributed by atoms with Crippen molar-refractivity contribution in [1.82, 2.24) is 15.3 Å². The van der Waals surface area contributed by atoms with Crippen LogP contribution in [0.15, 0.2) is 0 Å². The Balaban J connectivity index is 2.31. The molecule has 1 saturated heterocycles. The molecule has 0 unspecified atom stereocenters. The van der Waals surface area contributed by atoms with Gasteiger partial charge in [0, 0.05) is 31.6 Å². The highest BCUT2D eigenvalue weighted by Gasteiger charge is 2.18. The average molecular weight is 250 g/mol. The van der Waals surface area contributed by atoms with Crippen LogP contribution in [0, 0.1) is 13.8 Å². The third-order valence-electron chi connectivity index (χ3n) is 2.98. The molecule has 98 valence electrons. The number of hydrazine groups is 1. The summed E-state index contributed by atoms with van der Waals surface area (Å²) in [6, 6.07) is 0. The molecule has 4 N–H and O–H groups in total. The van der Waals surface area contributed by atoms with Crippen molar-refractivity contribution in [3.05, 3.63) is 11.4 Å². The van der Waals surface area contributed by atoms with Gasteiger partial charge in [0.2, 0.25) is 5.91 Å². The summed E-state index contributed by atoms with van der Waals surface area (Å²) in [5.41, 5.74) is 3.48. The van der Waals surface area contributed by atoms with Crippen molar-refractivity contribution >= 4 is 17.5 Å². The molecule has 0 bridgehead atoms. The van der Waals surface area contributed by atoms with E-state index in [0.29, 0.717) is 31.2 Å². The second-order valence-corrected chi connectivity index (χ2v) is 4.30. The number of aryl methyl sites for hydroxylation is 1. The Morgan fingerprint density at radius 3 is 2.83 bits per heavy atom. The van der Waals surface area contributed by atoms with E-state index in [9.17, 15) is 4.79 Å². The number of aromatic nitrogens is 2. The van der Waals surface area contributed by atoms with Gasteiger partial charge in [0.05, 0.1) is 0 Å². The summed E-state index contributed by atoms with van der Waals surface area (Å²) >= 11 is 0. The van der Waals surface area contributed by atoms with E-state index in [2.05, 4.69) is 25.6 Å². The van der Waals surface area contributed by atoms with Gasteiger partial charge in [-0.25, -0.2) is 15.8 Å². The number of rotatable bonds is 2. The molecule has 2 rings (SSSR count). The number of nitrogens with two attached hydrogens (primary N) is 1. The fourth-order valence-corrected chi connectivity index (χ4v) is 2.04. The Kier molecular flexibility index (Phi) is 3.61. The van der Waals surface area contributed by atoms with Gasteiger partial charge in [-0.15, -0.1) is 0 Å². The number of carbonyl (C=O) groups is 1. The summed E-state index contributed by atoms with van der Waals surface area (Å²) in [6.07, 6.45) is 0.480. The lowest BCUT2D eigenvalue weighted by Gasteiger charge is -2.23. The highest BCUT2D eigenvalue weighted by Crippen LogP contribution is 2.23. The van der Waals surface area contributed by atoms with Gasteiger partial charge >= 0.3 is 0 Å². The van der Waals surface area contributed by atoms with Crippen molar-refractivity contribution in [2.75, 3.05) is 30.0 Å². The molecule has 0 spiro atoms. The number of hydrogen-bond donors (Lipinski definition) is 3. The molecule has 1 aromatic rings. The van der Waals surface area contributed by atoms with E-state index < -0.39 is 0 Å². The molecule has 1 fully saturated rings. The summed E-state index contributed by atoms with van der Waals surface area (Å²) < 4.78 is 0. The van der Waals surface area contributed by atoms with Crippen LogP contribution in [-0.4, -0.2) is 35.5 Å². The molecular formula is C11H18N6O. The Hall–Kier alpha value is -1.89. The van der Waals surface area contributed by atoms with E-state index in [1.54, 1.807) is 0 Å². The van der Waals surface area contributed by atoms with Crippen molar-refractivity contribution in [3.63, 3.8) is 0 Å². The number of anilines is 2. The normalized spacial score (nSPS) is 16.2. The number of carbonyl (C=O) groups excluding carboxylic acids is 1. The molecular weight excluding hydrogens is 232 g/mol. The van der Waals surface area contributed by atoms with Crippen molar-refractivity contribution in [2.24, 2.45) is 5.84 Å². The lowest BCUT2D eigenvalue weighted by atomic mass is 10.2. The molecule has 7 nitrogen and oxygen atoms in total. The number of amides is 1. The number of nitrogens with one attached hydrogen (secondary N) is 2. The highest BCUT2D eigenvalue weighted by atomic mass is 16.1. The smallest absolute Gasteiger partial charge is 0.221 e. The Morgan fingerprint density at radius 2 is 2.11 bits per heavy atom. The first-order chi connectivity index (χ1) is 8.61. The standard InChI is InChI=1S/C11H18N6O/c1-7-10(16-12)14-8(2)15-11(7)17-5-3-9(18)13-4-6-17/h3-6,12H2,1-2H3,(H,13,18)(H,14,15,16). The minimum absolute atomic E-state index is 0.0816. The van der Waals surface area contributed by atoms with Crippen LogP contribution in [-0.2, 0) is 4.79 Å². The van der Waals surface area contributed by atoms with Crippen LogP contribution in [0.2, 0.25) is 0 Å². The van der Waals surface area contributed by atoms with Gasteiger partial charge in [-0.3, -0.25) is 4.79 Å². The summed E-state index contributed by atoms with van der Waals surface area (Å²) in [6.45, 7) is 5.78. The first-order valence-corrected chi connectivity index (χ1v) is 5.95. The van der Waals surface area contributed by atoms with Gasteiger partial charge < -0.3 is 15.6 Å². The van der Waals surface area contributed by atoms with Crippen molar-refractivity contribution in [2.45, 2.75) is 20.3 Å². The van der Waals surface area contributed by atoms with Crippen LogP contribution in [0.1, 0.15) is 17.8 Å². The molecule has 1 amide bonds. The number of nitrogens with zero attached hydrogens (tertiary/aromatic N) is 3. The van der Waals surface area contributed by atoms with Gasteiger partial charge in [0.25, 0.3) is 0 Å². The van der Waals surface area contributed by atoms with Gasteiger partial charge in [0.15, 0.2) is 0 Å². The van der Waals surface area contributed by atoms with Crippen molar-refractivity contribution < 1.29 is 4.79 Å². The molecule has 1 aliphatic heterocycles. The van der Waals surface area contributed by atoms with E-state index >= 15 is 0 Å². The van der Waals surface area contributed by atoms with E-state index in [4.69, 9.17) is 5.84 Å². The zero-order chi connectivity index (χ0) is 13.1. The van der Waals surface area contributed by atoms with Crippen molar-refractivity contribution in [1.29, 1.82) is 0 Å². The molecule has 0 saturated carbocycles. The second-order valence-electron chi connectivity index (χ2n) is 4.30. The van der Waals surface area contributed by atoms with E-state index in [-0.39, 0.29) is 5.91 Å². The molecule has 0 aromatic carbocycles. The number of nitrogen functional groups attached to an aromatic ring is 1. The van der Waals surface area contributed by atoms with E-state index in [1.165, 1.54) is 0 Å². The molecule has 0 aliphatic carbocycles. The van der Waals surface area contributed by atoms with Gasteiger partial charge in [-0.2, -0.15) is 0 Å². The minimum Gasteiger partial charge on any atom is -0.354 e. The first kappa shape index (κ1) is 12.6. The summed E-state index contributed by atoms with van der Waals surface area (Å²) in [7, 11) is 0. The minimum atomic E-state index is 0.0816. The number of hydrogen-bond acceptors (Lipinski definition) is 6. The van der Waals surface area contributed by atoms with E-state index in [1.807, 2.05) is 13.8 Å². The largest absolute Gasteiger partial charge is 0.354 e. The Labute approximate surface area is 106 Å². The third kappa shape index (κ3) is 2.51. The monoisotopic (exact) mass is 250 g/mol. The van der Waals surface area contributed by atoms with Crippen LogP contribution in [0.4, 0.5) is 11.6 Å². The van der Waals surface area contributed by atoms with Crippen LogP contribution in [0.3, 0.4) is 0 Å². The quantitative estimate of drug-likeness (QED) is 0.493. The van der Waals surface area contributed by atoms with Crippen LogP contribution in [0.5, 0.6) is 0 Å². The topological polar surface area (TPSA) is 96.2 Å². The lowest BCUT2D eigenvalue weighted by Crippen LogP contribution is -2.30. The van der Waals surface area contributed by atoms with Gasteiger partial charge in [-0.1, -0.05) is 0 Å².